The number of nitrogens with one attached hydrogen (secondary N) is 1. The van der Waals surface area contributed by atoms with Gasteiger partial charge in [0.05, 0.1) is 0 Å². The summed E-state index contributed by atoms with van der Waals surface area (Å²) in [5, 5.41) is 2.78. The SMILES string of the molecule is Cc1cc(Br)cc(NC(=O)COc2cccc(N)c2)c1. The van der Waals surface area contributed by atoms with E-state index in [-0.39, 0.29) is 12.5 Å². The lowest BCUT2D eigenvalue weighted by atomic mass is 10.2. The van der Waals surface area contributed by atoms with Crippen molar-refractivity contribution in [2.24, 2.45) is 0 Å². The van der Waals surface area contributed by atoms with Gasteiger partial charge in [-0.2, -0.15) is 0 Å². The highest BCUT2D eigenvalue weighted by atomic mass is 79.9. The molecule has 0 aliphatic carbocycles. The van der Waals surface area contributed by atoms with E-state index in [1.807, 2.05) is 25.1 Å². The largest absolute Gasteiger partial charge is 0.484 e. The molecule has 4 nitrogen and oxygen atoms in total. The summed E-state index contributed by atoms with van der Waals surface area (Å²) >= 11 is 3.39. The molecule has 1 amide bonds. The first kappa shape index (κ1) is 14.4. The summed E-state index contributed by atoms with van der Waals surface area (Å²) in [6.07, 6.45) is 0. The second kappa shape index (κ2) is 6.43. The predicted octanol–water partition coefficient (Wildman–Crippen LogP) is 3.36. The minimum atomic E-state index is -0.218. The van der Waals surface area contributed by atoms with E-state index >= 15 is 0 Å². The molecule has 0 unspecified atom stereocenters. The van der Waals surface area contributed by atoms with Crippen LogP contribution in [0.4, 0.5) is 11.4 Å². The van der Waals surface area contributed by atoms with Crippen molar-refractivity contribution in [1.82, 2.24) is 0 Å². The molecule has 0 aliphatic rings. The Kier molecular flexibility index (Phi) is 4.63. The molecule has 20 heavy (non-hydrogen) atoms. The van der Waals surface area contributed by atoms with Gasteiger partial charge < -0.3 is 15.8 Å². The molecule has 2 rings (SSSR count). The number of ether oxygens (including phenoxy) is 1. The van der Waals surface area contributed by atoms with Crippen molar-refractivity contribution in [2.75, 3.05) is 17.7 Å². The summed E-state index contributed by atoms with van der Waals surface area (Å²) in [6, 6.07) is 12.7. The number of anilines is 2. The number of hydrogen-bond acceptors (Lipinski definition) is 3. The molecule has 3 N–H and O–H groups in total. The lowest BCUT2D eigenvalue weighted by Gasteiger charge is -2.09. The molecule has 2 aromatic carbocycles. The van der Waals surface area contributed by atoms with Crippen LogP contribution >= 0.6 is 15.9 Å². The molecule has 0 aromatic heterocycles. The number of halogens is 1. The van der Waals surface area contributed by atoms with Crippen LogP contribution in [0.5, 0.6) is 5.75 Å². The predicted molar refractivity (Wildman–Crippen MR) is 83.9 cm³/mol. The summed E-state index contributed by atoms with van der Waals surface area (Å²) in [6.45, 7) is 1.90. The quantitative estimate of drug-likeness (QED) is 0.842. The zero-order valence-electron chi connectivity index (χ0n) is 11.0. The Labute approximate surface area is 126 Å². The van der Waals surface area contributed by atoms with Crippen molar-refractivity contribution in [2.45, 2.75) is 6.92 Å². The van der Waals surface area contributed by atoms with E-state index < -0.39 is 0 Å². The van der Waals surface area contributed by atoms with Crippen molar-refractivity contribution < 1.29 is 9.53 Å². The van der Waals surface area contributed by atoms with Crippen molar-refractivity contribution in [3.05, 3.63) is 52.5 Å². The Bertz CT molecular complexity index is 609. The molecule has 0 bridgehead atoms. The molecular weight excluding hydrogens is 320 g/mol. The third kappa shape index (κ3) is 4.28. The first-order chi connectivity index (χ1) is 9.52. The lowest BCUT2D eigenvalue weighted by molar-refractivity contribution is -0.118. The summed E-state index contributed by atoms with van der Waals surface area (Å²) < 4.78 is 6.30. The van der Waals surface area contributed by atoms with Gasteiger partial charge in [0.2, 0.25) is 0 Å². The molecule has 0 aliphatic heterocycles. The van der Waals surface area contributed by atoms with Gasteiger partial charge >= 0.3 is 0 Å². The van der Waals surface area contributed by atoms with Gasteiger partial charge in [-0.1, -0.05) is 22.0 Å². The minimum absolute atomic E-state index is 0.0605. The average molecular weight is 335 g/mol. The second-order valence-corrected chi connectivity index (χ2v) is 5.34. The highest BCUT2D eigenvalue weighted by Gasteiger charge is 2.05. The summed E-state index contributed by atoms with van der Waals surface area (Å²) in [5.74, 6) is 0.357. The van der Waals surface area contributed by atoms with E-state index in [1.165, 1.54) is 0 Å². The number of rotatable bonds is 4. The monoisotopic (exact) mass is 334 g/mol. The van der Waals surface area contributed by atoms with Gasteiger partial charge in [0.15, 0.2) is 6.61 Å². The average Bonchev–Trinajstić information content (AvgIpc) is 2.35. The fourth-order valence-corrected chi connectivity index (χ4v) is 2.37. The van der Waals surface area contributed by atoms with E-state index in [0.29, 0.717) is 11.4 Å². The molecule has 0 heterocycles. The maximum atomic E-state index is 11.8. The third-order valence-corrected chi connectivity index (χ3v) is 3.01. The van der Waals surface area contributed by atoms with Crippen LogP contribution in [0.25, 0.3) is 0 Å². The smallest absolute Gasteiger partial charge is 0.262 e. The molecule has 2 aromatic rings. The first-order valence-corrected chi connectivity index (χ1v) is 6.87. The molecular formula is C15H15BrN2O2. The van der Waals surface area contributed by atoms with Crippen molar-refractivity contribution >= 4 is 33.2 Å². The van der Waals surface area contributed by atoms with Gasteiger partial charge in [0, 0.05) is 21.9 Å². The molecule has 104 valence electrons. The fourth-order valence-electron chi connectivity index (χ4n) is 1.76. The normalized spacial score (nSPS) is 10.1. The molecule has 0 atom stereocenters. The van der Waals surface area contributed by atoms with Crippen LogP contribution in [-0.2, 0) is 4.79 Å². The van der Waals surface area contributed by atoms with Gasteiger partial charge in [0.25, 0.3) is 5.91 Å². The van der Waals surface area contributed by atoms with E-state index in [4.69, 9.17) is 10.5 Å². The topological polar surface area (TPSA) is 64.3 Å². The molecule has 0 saturated heterocycles. The Morgan fingerprint density at radius 1 is 1.30 bits per heavy atom. The number of benzene rings is 2. The van der Waals surface area contributed by atoms with Gasteiger partial charge in [-0.05, 0) is 42.8 Å². The number of nitrogens with two attached hydrogens (primary N) is 1. The third-order valence-electron chi connectivity index (χ3n) is 2.55. The van der Waals surface area contributed by atoms with E-state index in [2.05, 4.69) is 21.2 Å². The summed E-state index contributed by atoms with van der Waals surface area (Å²) in [7, 11) is 0. The Morgan fingerprint density at radius 2 is 2.10 bits per heavy atom. The number of carbonyl (C=O) groups is 1. The number of aryl methyl sites for hydroxylation is 1. The number of nitrogen functional groups attached to an aromatic ring is 1. The van der Waals surface area contributed by atoms with Crippen LogP contribution in [0.3, 0.4) is 0 Å². The van der Waals surface area contributed by atoms with Crippen molar-refractivity contribution in [3.8, 4) is 5.75 Å². The zero-order chi connectivity index (χ0) is 14.5. The van der Waals surface area contributed by atoms with Gasteiger partial charge in [-0.3, -0.25) is 4.79 Å². The highest BCUT2D eigenvalue weighted by molar-refractivity contribution is 9.10. The van der Waals surface area contributed by atoms with E-state index in [1.54, 1.807) is 24.3 Å². The Morgan fingerprint density at radius 3 is 2.80 bits per heavy atom. The van der Waals surface area contributed by atoms with Crippen LogP contribution in [0.1, 0.15) is 5.56 Å². The van der Waals surface area contributed by atoms with Gasteiger partial charge in [0.1, 0.15) is 5.75 Å². The van der Waals surface area contributed by atoms with E-state index in [0.717, 1.165) is 15.7 Å². The Balaban J connectivity index is 1.92. The van der Waals surface area contributed by atoms with Gasteiger partial charge in [-0.25, -0.2) is 0 Å². The molecule has 0 fully saturated rings. The number of hydrogen-bond donors (Lipinski definition) is 2. The molecule has 0 radical (unpaired) electrons. The van der Waals surface area contributed by atoms with Crippen LogP contribution in [-0.4, -0.2) is 12.5 Å². The standard InChI is InChI=1S/C15H15BrN2O2/c1-10-5-11(16)7-13(6-10)18-15(19)9-20-14-4-2-3-12(17)8-14/h2-8H,9,17H2,1H3,(H,18,19). The van der Waals surface area contributed by atoms with Crippen LogP contribution in [0, 0.1) is 6.92 Å². The van der Waals surface area contributed by atoms with Gasteiger partial charge in [-0.15, -0.1) is 0 Å². The molecule has 5 heteroatoms. The lowest BCUT2D eigenvalue weighted by Crippen LogP contribution is -2.20. The van der Waals surface area contributed by atoms with Crippen LogP contribution in [0.15, 0.2) is 46.9 Å². The number of carbonyl (C=O) groups excluding carboxylic acids is 1. The van der Waals surface area contributed by atoms with E-state index in [9.17, 15) is 4.79 Å². The maximum absolute atomic E-state index is 11.8. The molecule has 0 saturated carbocycles. The summed E-state index contributed by atoms with van der Waals surface area (Å²) in [4.78, 5) is 11.8. The maximum Gasteiger partial charge on any atom is 0.262 e. The number of amides is 1. The minimum Gasteiger partial charge on any atom is -0.484 e. The second-order valence-electron chi connectivity index (χ2n) is 4.43. The zero-order valence-corrected chi connectivity index (χ0v) is 12.6. The van der Waals surface area contributed by atoms with Crippen molar-refractivity contribution in [3.63, 3.8) is 0 Å². The fraction of sp³-hybridized carbons (Fsp3) is 0.133. The van der Waals surface area contributed by atoms with Crippen LogP contribution < -0.4 is 15.8 Å². The van der Waals surface area contributed by atoms with Crippen LogP contribution in [0.2, 0.25) is 0 Å². The Hall–Kier alpha value is -2.01. The first-order valence-electron chi connectivity index (χ1n) is 6.08. The van der Waals surface area contributed by atoms with Crippen molar-refractivity contribution in [1.29, 1.82) is 0 Å². The summed E-state index contributed by atoms with van der Waals surface area (Å²) in [5.41, 5.74) is 8.03. The highest BCUT2D eigenvalue weighted by Crippen LogP contribution is 2.19. The molecule has 0 spiro atoms.